The highest BCUT2D eigenvalue weighted by Crippen LogP contribution is 2.31. The zero-order valence-electron chi connectivity index (χ0n) is 22.3. The minimum absolute atomic E-state index is 0.0248. The molecule has 36 heavy (non-hydrogen) atoms. The molecule has 1 aromatic heterocycles. The molecule has 1 N–H and O–H groups in total. The van der Waals surface area contributed by atoms with Gasteiger partial charge >= 0.3 is 0 Å². The quantitative estimate of drug-likeness (QED) is 0.429. The Morgan fingerprint density at radius 1 is 1.19 bits per heavy atom. The summed E-state index contributed by atoms with van der Waals surface area (Å²) in [5.41, 5.74) is 6.12. The van der Waals surface area contributed by atoms with Crippen LogP contribution in [-0.4, -0.2) is 28.3 Å². The maximum absolute atomic E-state index is 13.3. The third kappa shape index (κ3) is 6.34. The fourth-order valence-electron chi connectivity index (χ4n) is 4.81. The van der Waals surface area contributed by atoms with Crippen LogP contribution in [-0.2, 0) is 24.8 Å². The van der Waals surface area contributed by atoms with Gasteiger partial charge in [-0.3, -0.25) is 9.59 Å². The smallest absolute Gasteiger partial charge is 0.254 e. The van der Waals surface area contributed by atoms with E-state index < -0.39 is 5.92 Å². The molecule has 2 aromatic carbocycles. The van der Waals surface area contributed by atoms with Crippen LogP contribution in [0.15, 0.2) is 73.4 Å². The van der Waals surface area contributed by atoms with Gasteiger partial charge in [-0.2, -0.15) is 0 Å². The van der Waals surface area contributed by atoms with Crippen molar-refractivity contribution < 1.29 is 9.59 Å². The summed E-state index contributed by atoms with van der Waals surface area (Å²) in [7, 11) is 3.81. The van der Waals surface area contributed by atoms with Crippen molar-refractivity contribution in [2.24, 2.45) is 7.05 Å². The lowest BCUT2D eigenvalue weighted by molar-refractivity contribution is -0.123. The molecule has 0 saturated heterocycles. The van der Waals surface area contributed by atoms with Gasteiger partial charge in [0.15, 0.2) is 0 Å². The number of benzene rings is 2. The lowest BCUT2D eigenvalue weighted by Crippen LogP contribution is -2.35. The average Bonchev–Trinajstić information content (AvgIpc) is 3.19. The number of fused-ring (bicyclic) bond motifs is 1. The first-order valence-corrected chi connectivity index (χ1v) is 12.7. The molecular formula is C31H39N3O2. The highest BCUT2D eigenvalue weighted by atomic mass is 16.2. The SMILES string of the molecule is C=CC.Cc1cc(CN(C)C(=O)c2ccccc2C(C)C(=O)NC2CCCc3ccccc32)cn1C. The molecule has 190 valence electrons. The molecule has 5 heteroatoms. The van der Waals surface area contributed by atoms with Crippen LogP contribution in [0.4, 0.5) is 0 Å². The van der Waals surface area contributed by atoms with Crippen molar-refractivity contribution in [2.75, 3.05) is 7.05 Å². The Balaban J connectivity index is 0.00000115. The van der Waals surface area contributed by atoms with Crippen molar-refractivity contribution in [3.05, 3.63) is 107 Å². The largest absolute Gasteiger partial charge is 0.354 e. The molecule has 0 fully saturated rings. The molecule has 0 spiro atoms. The number of hydrogen-bond acceptors (Lipinski definition) is 2. The van der Waals surface area contributed by atoms with E-state index in [-0.39, 0.29) is 17.9 Å². The van der Waals surface area contributed by atoms with Gasteiger partial charge in [0.05, 0.1) is 12.0 Å². The van der Waals surface area contributed by atoms with Gasteiger partial charge < -0.3 is 14.8 Å². The molecule has 2 atom stereocenters. The number of aryl methyl sites for hydroxylation is 3. The Morgan fingerprint density at radius 3 is 2.56 bits per heavy atom. The van der Waals surface area contributed by atoms with Crippen LogP contribution in [0, 0.1) is 6.92 Å². The van der Waals surface area contributed by atoms with Gasteiger partial charge in [-0.25, -0.2) is 0 Å². The summed E-state index contributed by atoms with van der Waals surface area (Å²) in [5, 5.41) is 3.25. The van der Waals surface area contributed by atoms with Crippen molar-refractivity contribution in [1.82, 2.24) is 14.8 Å². The van der Waals surface area contributed by atoms with Gasteiger partial charge in [0.2, 0.25) is 5.91 Å². The molecule has 5 nitrogen and oxygen atoms in total. The maximum Gasteiger partial charge on any atom is 0.254 e. The van der Waals surface area contributed by atoms with Gasteiger partial charge in [-0.05, 0) is 74.4 Å². The van der Waals surface area contributed by atoms with E-state index in [1.165, 1.54) is 11.1 Å². The molecule has 1 aliphatic carbocycles. The van der Waals surface area contributed by atoms with Crippen molar-refractivity contribution >= 4 is 11.8 Å². The minimum atomic E-state index is -0.424. The van der Waals surface area contributed by atoms with E-state index in [4.69, 9.17) is 0 Å². The molecule has 0 radical (unpaired) electrons. The third-order valence-electron chi connectivity index (χ3n) is 6.81. The minimum Gasteiger partial charge on any atom is -0.354 e. The Kier molecular flexibility index (Phi) is 9.29. The zero-order valence-corrected chi connectivity index (χ0v) is 22.3. The van der Waals surface area contributed by atoms with Crippen LogP contribution in [0.5, 0.6) is 0 Å². The highest BCUT2D eigenvalue weighted by Gasteiger charge is 2.27. The molecule has 0 saturated carbocycles. The van der Waals surface area contributed by atoms with Crippen LogP contribution < -0.4 is 5.32 Å². The lowest BCUT2D eigenvalue weighted by Gasteiger charge is -2.28. The topological polar surface area (TPSA) is 54.3 Å². The van der Waals surface area contributed by atoms with E-state index in [1.54, 1.807) is 11.0 Å². The predicted octanol–water partition coefficient (Wildman–Crippen LogP) is 6.10. The van der Waals surface area contributed by atoms with Gasteiger partial charge in [0.25, 0.3) is 5.91 Å². The number of hydrogen-bond donors (Lipinski definition) is 1. The van der Waals surface area contributed by atoms with E-state index in [1.807, 2.05) is 71.4 Å². The summed E-state index contributed by atoms with van der Waals surface area (Å²) in [5.74, 6) is -0.542. The van der Waals surface area contributed by atoms with Gasteiger partial charge in [-0.15, -0.1) is 6.58 Å². The van der Waals surface area contributed by atoms with Crippen molar-refractivity contribution in [3.8, 4) is 0 Å². The van der Waals surface area contributed by atoms with E-state index in [2.05, 4.69) is 40.7 Å². The van der Waals surface area contributed by atoms with Gasteiger partial charge in [0, 0.05) is 38.1 Å². The summed E-state index contributed by atoms with van der Waals surface area (Å²) in [6, 6.07) is 17.9. The molecule has 3 aromatic rings. The number of nitrogens with one attached hydrogen (secondary N) is 1. The Hall–Kier alpha value is -3.60. The summed E-state index contributed by atoms with van der Waals surface area (Å²) < 4.78 is 2.05. The Morgan fingerprint density at radius 2 is 1.86 bits per heavy atom. The molecule has 2 amide bonds. The molecule has 1 aliphatic rings. The average molecular weight is 486 g/mol. The fourth-order valence-corrected chi connectivity index (χ4v) is 4.81. The fraction of sp³-hybridized carbons (Fsp3) is 0.355. The van der Waals surface area contributed by atoms with Gasteiger partial charge in [-0.1, -0.05) is 48.5 Å². The number of rotatable bonds is 6. The molecule has 0 aliphatic heterocycles. The number of amides is 2. The zero-order chi connectivity index (χ0) is 26.2. The van der Waals surface area contributed by atoms with Crippen LogP contribution in [0.25, 0.3) is 0 Å². The third-order valence-corrected chi connectivity index (χ3v) is 6.81. The number of nitrogens with zero attached hydrogens (tertiary/aromatic N) is 2. The van der Waals surface area contributed by atoms with Crippen LogP contribution >= 0.6 is 0 Å². The first kappa shape index (κ1) is 27.0. The van der Waals surface area contributed by atoms with E-state index in [9.17, 15) is 9.59 Å². The van der Waals surface area contributed by atoms with Gasteiger partial charge in [0.1, 0.15) is 0 Å². The number of carbonyl (C=O) groups is 2. The normalized spacial score (nSPS) is 15.1. The Labute approximate surface area is 215 Å². The van der Waals surface area contributed by atoms with E-state index in [0.717, 1.165) is 36.1 Å². The molecular weight excluding hydrogens is 446 g/mol. The lowest BCUT2D eigenvalue weighted by atomic mass is 9.87. The second kappa shape index (κ2) is 12.4. The summed E-state index contributed by atoms with van der Waals surface area (Å²) in [6.07, 6.45) is 6.86. The van der Waals surface area contributed by atoms with Crippen LogP contribution in [0.3, 0.4) is 0 Å². The monoisotopic (exact) mass is 485 g/mol. The first-order chi connectivity index (χ1) is 17.3. The van der Waals surface area contributed by atoms with Crippen molar-refractivity contribution in [2.45, 2.75) is 58.5 Å². The van der Waals surface area contributed by atoms with Crippen molar-refractivity contribution in [1.29, 1.82) is 0 Å². The second-order valence-electron chi connectivity index (χ2n) is 9.63. The summed E-state index contributed by atoms with van der Waals surface area (Å²) in [4.78, 5) is 28.3. The number of allylic oxidation sites excluding steroid dienone is 1. The molecule has 0 bridgehead atoms. The maximum atomic E-state index is 13.3. The Bertz CT molecular complexity index is 1190. The second-order valence-corrected chi connectivity index (χ2v) is 9.63. The summed E-state index contributed by atoms with van der Waals surface area (Å²) in [6.45, 7) is 9.71. The molecule has 2 unspecified atom stereocenters. The number of aromatic nitrogens is 1. The number of carbonyl (C=O) groups excluding carboxylic acids is 2. The summed E-state index contributed by atoms with van der Waals surface area (Å²) >= 11 is 0. The first-order valence-electron chi connectivity index (χ1n) is 12.7. The van der Waals surface area contributed by atoms with Crippen LogP contribution in [0.2, 0.25) is 0 Å². The predicted molar refractivity (Wildman–Crippen MR) is 147 cm³/mol. The highest BCUT2D eigenvalue weighted by molar-refractivity contribution is 5.98. The van der Waals surface area contributed by atoms with Crippen molar-refractivity contribution in [3.63, 3.8) is 0 Å². The molecule has 1 heterocycles. The van der Waals surface area contributed by atoms with E-state index in [0.29, 0.717) is 12.1 Å². The molecule has 4 rings (SSSR count). The standard InChI is InChI=1S/C28H33N3O2.C3H6/c1-19-16-21(17-30(19)3)18-31(4)28(33)25-14-8-7-12-23(25)20(2)27(32)29-26-15-9-11-22-10-5-6-13-24(22)26;1-3-2/h5-8,10,12-14,16-17,20,26H,9,11,15,18H2,1-4H3,(H,29,32);3H,1H2,2H3. The van der Waals surface area contributed by atoms with Crippen LogP contribution in [0.1, 0.15) is 77.0 Å². The van der Waals surface area contributed by atoms with E-state index >= 15 is 0 Å².